The van der Waals surface area contributed by atoms with Crippen molar-refractivity contribution in [2.45, 2.75) is 25.8 Å². The first-order valence-corrected chi connectivity index (χ1v) is 11.5. The van der Waals surface area contributed by atoms with Crippen LogP contribution >= 0.6 is 0 Å². The maximum absolute atomic E-state index is 12.3. The van der Waals surface area contributed by atoms with Gasteiger partial charge in [0.2, 0.25) is 11.9 Å². The van der Waals surface area contributed by atoms with Gasteiger partial charge >= 0.3 is 0 Å². The van der Waals surface area contributed by atoms with Crippen LogP contribution in [0.25, 0.3) is 10.8 Å². The maximum Gasteiger partial charge on any atom is 0.246 e. The van der Waals surface area contributed by atoms with E-state index in [-0.39, 0.29) is 18.3 Å². The van der Waals surface area contributed by atoms with Crippen LogP contribution in [0.1, 0.15) is 23.1 Å². The van der Waals surface area contributed by atoms with Gasteiger partial charge in [0.15, 0.2) is 0 Å². The molecule has 0 aliphatic heterocycles. The number of hydrogen-bond donors (Lipinski definition) is 2. The van der Waals surface area contributed by atoms with Gasteiger partial charge in [0, 0.05) is 25.2 Å². The Hall–Kier alpha value is -4.53. The number of nitrogens with zero attached hydrogens (tertiary/aromatic N) is 5. The number of ether oxygens (including phenoxy) is 1. The van der Waals surface area contributed by atoms with Crippen LogP contribution in [0.3, 0.4) is 0 Å². The standard InChI is InChI=1S/C26H25N7O2/c34-25(28-26-29-31-32-30-26)11-10-22-9-7-20(18-33-14-3-13-27-33)17-24(22)35-15-12-19-6-8-21-4-1-2-5-23(21)16-19/h1-9,13-14,16-17H,10-12,15,18H2,(H2,28,29,30,31,32,34). The highest BCUT2D eigenvalue weighted by Crippen LogP contribution is 2.24. The van der Waals surface area contributed by atoms with Gasteiger partial charge in [-0.05, 0) is 56.4 Å². The van der Waals surface area contributed by atoms with Gasteiger partial charge in [-0.1, -0.05) is 59.7 Å². The van der Waals surface area contributed by atoms with Gasteiger partial charge in [-0.15, -0.1) is 0 Å². The Morgan fingerprint density at radius 3 is 2.69 bits per heavy atom. The SMILES string of the molecule is O=C(CCc1ccc(Cn2cccn2)cc1OCCc1ccc2ccccc2c1)Nc1nnn[nH]1. The van der Waals surface area contributed by atoms with Crippen molar-refractivity contribution in [2.75, 3.05) is 11.9 Å². The molecule has 176 valence electrons. The Labute approximate surface area is 202 Å². The number of carbonyl (C=O) groups is 1. The molecule has 0 unspecified atom stereocenters. The van der Waals surface area contributed by atoms with Crippen LogP contribution in [0, 0.1) is 0 Å². The summed E-state index contributed by atoms with van der Waals surface area (Å²) in [6.45, 7) is 1.18. The van der Waals surface area contributed by atoms with E-state index in [9.17, 15) is 4.79 Å². The van der Waals surface area contributed by atoms with Crippen molar-refractivity contribution in [1.29, 1.82) is 0 Å². The number of anilines is 1. The first-order chi connectivity index (χ1) is 17.2. The fourth-order valence-electron chi connectivity index (χ4n) is 3.95. The normalized spacial score (nSPS) is 11.0. The topological polar surface area (TPSA) is 111 Å². The highest BCUT2D eigenvalue weighted by atomic mass is 16.5. The quantitative estimate of drug-likeness (QED) is 0.323. The number of H-pyrrole nitrogens is 1. The number of carbonyl (C=O) groups excluding carboxylic acids is 1. The van der Waals surface area contributed by atoms with E-state index in [2.05, 4.69) is 67.4 Å². The Kier molecular flexibility index (Phi) is 6.75. The van der Waals surface area contributed by atoms with Crippen molar-refractivity contribution < 1.29 is 9.53 Å². The van der Waals surface area contributed by atoms with Crippen molar-refractivity contribution in [3.8, 4) is 5.75 Å². The minimum Gasteiger partial charge on any atom is -0.493 e. The van der Waals surface area contributed by atoms with E-state index in [0.717, 1.165) is 23.3 Å². The van der Waals surface area contributed by atoms with Gasteiger partial charge in [-0.3, -0.25) is 14.8 Å². The van der Waals surface area contributed by atoms with Gasteiger partial charge in [0.05, 0.1) is 13.2 Å². The molecule has 5 aromatic rings. The number of tetrazole rings is 1. The van der Waals surface area contributed by atoms with Crippen molar-refractivity contribution in [3.63, 3.8) is 0 Å². The summed E-state index contributed by atoms with van der Waals surface area (Å²) in [5.41, 5.74) is 3.27. The lowest BCUT2D eigenvalue weighted by atomic mass is 10.0. The summed E-state index contributed by atoms with van der Waals surface area (Å²) < 4.78 is 8.12. The number of nitrogens with one attached hydrogen (secondary N) is 2. The summed E-state index contributed by atoms with van der Waals surface area (Å²) in [5.74, 6) is 0.840. The largest absolute Gasteiger partial charge is 0.493 e. The molecule has 0 bridgehead atoms. The fourth-order valence-corrected chi connectivity index (χ4v) is 3.95. The van der Waals surface area contributed by atoms with Gasteiger partial charge in [-0.2, -0.15) is 5.10 Å². The molecule has 0 spiro atoms. The second kappa shape index (κ2) is 10.6. The Bertz CT molecular complexity index is 1400. The lowest BCUT2D eigenvalue weighted by molar-refractivity contribution is -0.116. The molecule has 0 fully saturated rings. The predicted octanol–water partition coefficient (Wildman–Crippen LogP) is 3.79. The molecule has 2 aromatic heterocycles. The lowest BCUT2D eigenvalue weighted by Gasteiger charge is -2.14. The zero-order valence-electron chi connectivity index (χ0n) is 19.1. The zero-order chi connectivity index (χ0) is 23.9. The second-order valence-electron chi connectivity index (χ2n) is 8.22. The van der Waals surface area contributed by atoms with E-state index >= 15 is 0 Å². The van der Waals surface area contributed by atoms with E-state index in [1.807, 2.05) is 41.2 Å². The molecule has 2 N–H and O–H groups in total. The van der Waals surface area contributed by atoms with Crippen LogP contribution in [0.2, 0.25) is 0 Å². The van der Waals surface area contributed by atoms with E-state index < -0.39 is 0 Å². The minimum atomic E-state index is -0.175. The molecule has 0 aliphatic carbocycles. The van der Waals surface area contributed by atoms with E-state index in [1.165, 1.54) is 16.3 Å². The molecule has 1 amide bonds. The van der Waals surface area contributed by atoms with Crippen molar-refractivity contribution in [1.82, 2.24) is 30.4 Å². The molecule has 9 heteroatoms. The number of aromatic nitrogens is 6. The molecule has 3 aromatic carbocycles. The third-order valence-corrected chi connectivity index (χ3v) is 5.72. The number of benzene rings is 3. The van der Waals surface area contributed by atoms with Crippen LogP contribution in [0.4, 0.5) is 5.95 Å². The van der Waals surface area contributed by atoms with Crippen LogP contribution in [0.15, 0.2) is 79.1 Å². The lowest BCUT2D eigenvalue weighted by Crippen LogP contribution is -2.14. The van der Waals surface area contributed by atoms with Crippen molar-refractivity contribution in [2.24, 2.45) is 0 Å². The van der Waals surface area contributed by atoms with Crippen LogP contribution < -0.4 is 10.1 Å². The first-order valence-electron chi connectivity index (χ1n) is 11.5. The fraction of sp³-hybridized carbons (Fsp3) is 0.192. The van der Waals surface area contributed by atoms with Crippen LogP contribution in [-0.2, 0) is 24.2 Å². The average molecular weight is 468 g/mol. The smallest absolute Gasteiger partial charge is 0.246 e. The Morgan fingerprint density at radius 2 is 1.86 bits per heavy atom. The third-order valence-electron chi connectivity index (χ3n) is 5.72. The van der Waals surface area contributed by atoms with Crippen LogP contribution in [0.5, 0.6) is 5.75 Å². The van der Waals surface area contributed by atoms with Gasteiger partial charge < -0.3 is 4.74 Å². The maximum atomic E-state index is 12.3. The van der Waals surface area contributed by atoms with Crippen LogP contribution in [-0.4, -0.2) is 42.9 Å². The number of hydrogen-bond acceptors (Lipinski definition) is 6. The predicted molar refractivity (Wildman–Crippen MR) is 132 cm³/mol. The summed E-state index contributed by atoms with van der Waals surface area (Å²) in [7, 11) is 0. The van der Waals surface area contributed by atoms with E-state index in [0.29, 0.717) is 19.6 Å². The highest BCUT2D eigenvalue weighted by molar-refractivity contribution is 5.89. The molecule has 0 radical (unpaired) electrons. The molecule has 0 atom stereocenters. The molecule has 0 aliphatic rings. The molecule has 0 saturated carbocycles. The van der Waals surface area contributed by atoms with Crippen molar-refractivity contribution >= 4 is 22.6 Å². The molecule has 9 nitrogen and oxygen atoms in total. The molecule has 5 rings (SSSR count). The zero-order valence-corrected chi connectivity index (χ0v) is 19.1. The molecular formula is C26H25N7O2. The minimum absolute atomic E-state index is 0.175. The number of fused-ring (bicyclic) bond motifs is 1. The van der Waals surface area contributed by atoms with Gasteiger partial charge in [-0.25, -0.2) is 5.10 Å². The molecule has 35 heavy (non-hydrogen) atoms. The highest BCUT2D eigenvalue weighted by Gasteiger charge is 2.11. The molecule has 0 saturated heterocycles. The molecule has 2 heterocycles. The van der Waals surface area contributed by atoms with E-state index in [1.54, 1.807) is 6.20 Å². The number of aromatic amines is 1. The Morgan fingerprint density at radius 1 is 0.971 bits per heavy atom. The van der Waals surface area contributed by atoms with Gasteiger partial charge in [0.25, 0.3) is 0 Å². The van der Waals surface area contributed by atoms with Crippen molar-refractivity contribution in [3.05, 3.63) is 95.8 Å². The summed E-state index contributed by atoms with van der Waals surface area (Å²) in [6, 6.07) is 22.8. The Balaban J connectivity index is 1.27. The average Bonchev–Trinajstić information content (AvgIpc) is 3.58. The first kappa shape index (κ1) is 22.3. The number of rotatable bonds is 10. The monoisotopic (exact) mass is 467 g/mol. The summed E-state index contributed by atoms with van der Waals surface area (Å²) in [4.78, 5) is 12.3. The summed E-state index contributed by atoms with van der Waals surface area (Å²) in [6.07, 6.45) is 5.28. The molecular weight excluding hydrogens is 442 g/mol. The van der Waals surface area contributed by atoms with E-state index in [4.69, 9.17) is 4.74 Å². The number of amides is 1. The summed E-state index contributed by atoms with van der Waals surface area (Å²) in [5, 5.41) is 22.5. The summed E-state index contributed by atoms with van der Waals surface area (Å²) >= 11 is 0. The number of aryl methyl sites for hydroxylation is 1. The third kappa shape index (κ3) is 5.89. The van der Waals surface area contributed by atoms with Gasteiger partial charge in [0.1, 0.15) is 5.75 Å². The second-order valence-corrected chi connectivity index (χ2v) is 8.22.